The zero-order valence-corrected chi connectivity index (χ0v) is 42.1. The van der Waals surface area contributed by atoms with Gasteiger partial charge in [-0.15, -0.1) is 11.3 Å². The maximum atomic E-state index is 6.97. The largest absolute Gasteiger partial charge is 0.454 e. The van der Waals surface area contributed by atoms with Crippen molar-refractivity contribution in [3.63, 3.8) is 0 Å². The van der Waals surface area contributed by atoms with Gasteiger partial charge in [0.15, 0.2) is 5.58 Å². The van der Waals surface area contributed by atoms with Crippen molar-refractivity contribution in [1.29, 1.82) is 0 Å². The first-order valence-corrected chi connectivity index (χ1v) is 25.4. The summed E-state index contributed by atoms with van der Waals surface area (Å²) in [5.74, 6) is 0. The van der Waals surface area contributed by atoms with Crippen LogP contribution in [0, 0.1) is 6.92 Å². The fourth-order valence-electron chi connectivity index (χ4n) is 11.5. The fourth-order valence-corrected chi connectivity index (χ4v) is 12.7. The lowest BCUT2D eigenvalue weighted by Gasteiger charge is -2.41. The van der Waals surface area contributed by atoms with E-state index in [1.807, 2.05) is 11.3 Å². The number of hydrogen-bond acceptors (Lipinski definition) is 4. The number of para-hydroxylation sites is 2. The molecule has 3 aromatic heterocycles. The van der Waals surface area contributed by atoms with Gasteiger partial charge < -0.3 is 18.8 Å². The first-order valence-electron chi connectivity index (χ1n) is 24.5. The van der Waals surface area contributed by atoms with E-state index in [2.05, 4.69) is 241 Å². The molecule has 0 N–H and O–H groups in total. The molecule has 6 heteroatoms. The molecular weight excluding hydrogens is 858 g/mol. The van der Waals surface area contributed by atoms with Crippen LogP contribution in [0.3, 0.4) is 0 Å². The quantitative estimate of drug-likeness (QED) is 0.164. The standard InChI is InChI=1S/C63H56BN3OS/c1-37-32-52-56-53(33-37)67-57-47(60-58(67)46-17-12-14-21-55(46)69-60)34-40(63(8,9)10)35-49(57)64(56)48-31-30-43(36-51(48)66(52)50-19-15-18-45-44-16-11-13-20-54(44)68-59(45)50)65(41-26-22-38(23-27-41)61(2,3)4)42-28-24-39(25-29-42)62(5,6)7/h11-36H,1-10H3. The summed E-state index contributed by atoms with van der Waals surface area (Å²) >= 11 is 1.93. The number of anilines is 6. The smallest absolute Gasteiger partial charge is 0.252 e. The minimum Gasteiger partial charge on any atom is -0.454 e. The lowest BCUT2D eigenvalue weighted by Crippen LogP contribution is -2.60. The molecule has 4 nitrogen and oxygen atoms in total. The topological polar surface area (TPSA) is 24.6 Å². The van der Waals surface area contributed by atoms with Crippen LogP contribution in [0.15, 0.2) is 162 Å². The Hall–Kier alpha value is -7.02. The molecule has 0 spiro atoms. The Morgan fingerprint density at radius 3 is 1.77 bits per heavy atom. The number of furan rings is 1. The second-order valence-corrected chi connectivity index (χ2v) is 23.8. The molecule has 0 atom stereocenters. The summed E-state index contributed by atoms with van der Waals surface area (Å²) in [7, 11) is 0. The van der Waals surface area contributed by atoms with Crippen molar-refractivity contribution < 1.29 is 4.42 Å². The maximum absolute atomic E-state index is 6.97. The summed E-state index contributed by atoms with van der Waals surface area (Å²) in [6.07, 6.45) is 0. The van der Waals surface area contributed by atoms with Gasteiger partial charge in [0.25, 0.3) is 6.71 Å². The van der Waals surface area contributed by atoms with Crippen LogP contribution in [0.5, 0.6) is 0 Å². The number of rotatable bonds is 4. The SMILES string of the molecule is Cc1cc2c3c(c1)-n1c4c(cc(C(C)(C)C)cc4c4sc5ccccc5c41)B3c1ccc(N(c3ccc(C(C)(C)C)cc3)c3ccc(C(C)(C)C)cc3)cc1N2c1cccc2c1oc1ccccc12. The molecule has 5 heterocycles. The molecule has 0 amide bonds. The van der Waals surface area contributed by atoms with Crippen molar-refractivity contribution in [1.82, 2.24) is 4.57 Å². The zero-order valence-electron chi connectivity index (χ0n) is 41.2. The molecular formula is C63H56BN3OS. The van der Waals surface area contributed by atoms with Gasteiger partial charge in [-0.3, -0.25) is 0 Å². The minimum atomic E-state index is -0.0674. The molecule has 8 aromatic carbocycles. The van der Waals surface area contributed by atoms with E-state index >= 15 is 0 Å². The molecule has 0 fully saturated rings. The molecule has 69 heavy (non-hydrogen) atoms. The van der Waals surface area contributed by atoms with E-state index in [9.17, 15) is 0 Å². The predicted octanol–water partition coefficient (Wildman–Crippen LogP) is 16.2. The summed E-state index contributed by atoms with van der Waals surface area (Å²) < 4.78 is 12.3. The van der Waals surface area contributed by atoms with Gasteiger partial charge in [0.1, 0.15) is 5.58 Å². The van der Waals surface area contributed by atoms with Gasteiger partial charge in [-0.1, -0.05) is 147 Å². The molecule has 0 bridgehead atoms. The third-order valence-electron chi connectivity index (χ3n) is 15.1. The number of hydrogen-bond donors (Lipinski definition) is 0. The van der Waals surface area contributed by atoms with Crippen LogP contribution in [-0.2, 0) is 16.2 Å². The highest BCUT2D eigenvalue weighted by atomic mass is 32.1. The molecule has 2 aliphatic rings. The molecule has 0 unspecified atom stereocenters. The van der Waals surface area contributed by atoms with Crippen molar-refractivity contribution in [2.24, 2.45) is 0 Å². The summed E-state index contributed by atoms with van der Waals surface area (Å²) in [6, 6.07) is 59.7. The highest BCUT2D eigenvalue weighted by Crippen LogP contribution is 2.50. The Kier molecular flexibility index (Phi) is 8.86. The highest BCUT2D eigenvalue weighted by molar-refractivity contribution is 7.26. The van der Waals surface area contributed by atoms with Crippen LogP contribution in [0.25, 0.3) is 58.8 Å². The van der Waals surface area contributed by atoms with Crippen LogP contribution < -0.4 is 26.2 Å². The third-order valence-corrected chi connectivity index (χ3v) is 16.3. The monoisotopic (exact) mass is 913 g/mol. The Labute approximate surface area is 409 Å². The lowest BCUT2D eigenvalue weighted by molar-refractivity contribution is 0.590. The number of aromatic nitrogens is 1. The summed E-state index contributed by atoms with van der Waals surface area (Å²) in [5, 5.41) is 4.89. The van der Waals surface area contributed by atoms with Gasteiger partial charge in [-0.2, -0.15) is 0 Å². The van der Waals surface area contributed by atoms with E-state index in [0.29, 0.717) is 0 Å². The van der Waals surface area contributed by atoms with Gasteiger partial charge in [-0.05, 0) is 135 Å². The van der Waals surface area contributed by atoms with Crippen LogP contribution in [0.2, 0.25) is 0 Å². The Bertz CT molecular complexity index is 3870. The molecule has 0 saturated heterocycles. The number of thiophene rings is 1. The lowest BCUT2D eigenvalue weighted by atomic mass is 9.33. The van der Waals surface area contributed by atoms with Crippen LogP contribution >= 0.6 is 11.3 Å². The average molecular weight is 914 g/mol. The molecule has 2 aliphatic heterocycles. The van der Waals surface area contributed by atoms with E-state index in [0.717, 1.165) is 50.4 Å². The van der Waals surface area contributed by atoms with E-state index in [-0.39, 0.29) is 23.0 Å². The van der Waals surface area contributed by atoms with Gasteiger partial charge in [0, 0.05) is 60.4 Å². The van der Waals surface area contributed by atoms with Crippen molar-refractivity contribution in [3.8, 4) is 5.69 Å². The van der Waals surface area contributed by atoms with Crippen LogP contribution in [-0.4, -0.2) is 11.3 Å². The van der Waals surface area contributed by atoms with Crippen molar-refractivity contribution in [3.05, 3.63) is 180 Å². The van der Waals surface area contributed by atoms with Gasteiger partial charge in [0.2, 0.25) is 0 Å². The molecule has 13 rings (SSSR count). The normalized spacial score (nSPS) is 13.6. The second kappa shape index (κ2) is 14.5. The predicted molar refractivity (Wildman–Crippen MR) is 298 cm³/mol. The van der Waals surface area contributed by atoms with Crippen molar-refractivity contribution >= 4 is 122 Å². The number of benzene rings is 8. The van der Waals surface area contributed by atoms with Gasteiger partial charge in [0.05, 0.1) is 21.4 Å². The maximum Gasteiger partial charge on any atom is 0.252 e. The first-order chi connectivity index (χ1) is 33.0. The van der Waals surface area contributed by atoms with Crippen LogP contribution in [0.4, 0.5) is 34.1 Å². The van der Waals surface area contributed by atoms with Crippen molar-refractivity contribution in [2.45, 2.75) is 85.5 Å². The zero-order chi connectivity index (χ0) is 47.5. The van der Waals surface area contributed by atoms with Gasteiger partial charge >= 0.3 is 0 Å². The second-order valence-electron chi connectivity index (χ2n) is 22.7. The van der Waals surface area contributed by atoms with E-state index < -0.39 is 0 Å². The van der Waals surface area contributed by atoms with E-state index in [1.54, 1.807) is 0 Å². The van der Waals surface area contributed by atoms with Gasteiger partial charge in [-0.25, -0.2) is 0 Å². The molecule has 338 valence electrons. The Balaban J connectivity index is 1.14. The molecule has 11 aromatic rings. The molecule has 0 saturated carbocycles. The third kappa shape index (κ3) is 6.27. The number of aryl methyl sites for hydroxylation is 1. The Morgan fingerprint density at radius 2 is 1.09 bits per heavy atom. The van der Waals surface area contributed by atoms with E-state index in [4.69, 9.17) is 4.42 Å². The Morgan fingerprint density at radius 1 is 0.478 bits per heavy atom. The summed E-state index contributed by atoms with van der Waals surface area (Å²) in [6.45, 7) is 23.0. The van der Waals surface area contributed by atoms with Crippen molar-refractivity contribution in [2.75, 3.05) is 9.80 Å². The fraction of sp³-hybridized carbons (Fsp3) is 0.206. The average Bonchev–Trinajstić information content (AvgIpc) is 3.99. The van der Waals surface area contributed by atoms with Crippen LogP contribution in [0.1, 0.15) is 84.6 Å². The minimum absolute atomic E-state index is 0.0241. The van der Waals surface area contributed by atoms with E-state index in [1.165, 1.54) is 81.2 Å². The number of fused-ring (bicyclic) bond motifs is 12. The summed E-state index contributed by atoms with van der Waals surface area (Å²) in [5.41, 5.74) is 21.5. The molecule has 0 aliphatic carbocycles. The highest BCUT2D eigenvalue weighted by Gasteiger charge is 2.44. The summed E-state index contributed by atoms with van der Waals surface area (Å²) in [4.78, 5) is 4.98. The molecule has 0 radical (unpaired) electrons. The number of nitrogens with zero attached hydrogens (tertiary/aromatic N) is 3. The first kappa shape index (κ1) is 42.1.